The maximum atomic E-state index is 12.0. The van der Waals surface area contributed by atoms with E-state index in [0.29, 0.717) is 12.5 Å². The number of carbonyl (C=O) groups excluding carboxylic acids is 1. The van der Waals surface area contributed by atoms with Gasteiger partial charge in [-0.3, -0.25) is 10.1 Å². The molecule has 104 valence electrons. The van der Waals surface area contributed by atoms with E-state index in [1.807, 2.05) is 19.1 Å². The predicted molar refractivity (Wildman–Crippen MR) is 78.8 cm³/mol. The summed E-state index contributed by atoms with van der Waals surface area (Å²) in [5.41, 5.74) is 1.18. The zero-order chi connectivity index (χ0) is 13.8. The van der Waals surface area contributed by atoms with Crippen molar-refractivity contribution in [1.82, 2.24) is 5.32 Å². The second-order valence-corrected chi connectivity index (χ2v) is 5.92. The van der Waals surface area contributed by atoms with E-state index in [4.69, 9.17) is 4.74 Å². The van der Waals surface area contributed by atoms with Crippen molar-refractivity contribution in [2.45, 2.75) is 38.8 Å². The molecular formula is C15H20BrNO2. The lowest BCUT2D eigenvalue weighted by Gasteiger charge is -2.22. The molecule has 1 aromatic rings. The van der Waals surface area contributed by atoms with E-state index in [1.165, 1.54) is 5.56 Å². The van der Waals surface area contributed by atoms with Crippen molar-refractivity contribution in [3.05, 3.63) is 34.3 Å². The fourth-order valence-electron chi connectivity index (χ4n) is 2.18. The van der Waals surface area contributed by atoms with Crippen LogP contribution in [0.15, 0.2) is 28.7 Å². The van der Waals surface area contributed by atoms with Crippen molar-refractivity contribution in [3.8, 4) is 0 Å². The van der Waals surface area contributed by atoms with Gasteiger partial charge in [-0.2, -0.15) is 0 Å². The Labute approximate surface area is 122 Å². The van der Waals surface area contributed by atoms with Crippen LogP contribution >= 0.6 is 15.9 Å². The first-order valence-electron chi connectivity index (χ1n) is 6.80. The number of hydrogen-bond donors (Lipinski definition) is 1. The summed E-state index contributed by atoms with van der Waals surface area (Å²) in [5, 5.41) is 3.41. The quantitative estimate of drug-likeness (QED) is 0.814. The molecule has 0 spiro atoms. The lowest BCUT2D eigenvalue weighted by molar-refractivity contribution is -0.146. The first-order valence-corrected chi connectivity index (χ1v) is 7.59. The van der Waals surface area contributed by atoms with Crippen molar-refractivity contribution < 1.29 is 9.53 Å². The predicted octanol–water partition coefficient (Wildman–Crippen LogP) is 3.44. The van der Waals surface area contributed by atoms with Gasteiger partial charge in [0.1, 0.15) is 6.04 Å². The van der Waals surface area contributed by atoms with Crippen molar-refractivity contribution >= 4 is 21.9 Å². The van der Waals surface area contributed by atoms with Crippen LogP contribution in [0.4, 0.5) is 0 Å². The topological polar surface area (TPSA) is 38.3 Å². The van der Waals surface area contributed by atoms with Crippen LogP contribution in [0.25, 0.3) is 0 Å². The number of rotatable bonds is 6. The highest BCUT2D eigenvalue weighted by Crippen LogP contribution is 2.34. The van der Waals surface area contributed by atoms with Crippen LogP contribution in [-0.4, -0.2) is 18.6 Å². The second-order valence-electron chi connectivity index (χ2n) is 5.01. The minimum Gasteiger partial charge on any atom is -0.465 e. The summed E-state index contributed by atoms with van der Waals surface area (Å²) in [6.07, 6.45) is 2.23. The van der Waals surface area contributed by atoms with Gasteiger partial charge in [0.05, 0.1) is 6.61 Å². The molecule has 1 fully saturated rings. The molecule has 0 bridgehead atoms. The largest absolute Gasteiger partial charge is 0.465 e. The molecule has 2 unspecified atom stereocenters. The maximum absolute atomic E-state index is 12.0. The van der Waals surface area contributed by atoms with Gasteiger partial charge in [-0.15, -0.1) is 0 Å². The van der Waals surface area contributed by atoms with Gasteiger partial charge < -0.3 is 4.74 Å². The Hall–Kier alpha value is -0.870. The van der Waals surface area contributed by atoms with E-state index >= 15 is 0 Å². The summed E-state index contributed by atoms with van der Waals surface area (Å²) < 4.78 is 6.21. The SMILES string of the molecule is CCOC(=O)C(NC(C)c1ccc(Br)cc1)C1CC1. The van der Waals surface area contributed by atoms with E-state index in [1.54, 1.807) is 0 Å². The van der Waals surface area contributed by atoms with Crippen molar-refractivity contribution in [2.75, 3.05) is 6.61 Å². The van der Waals surface area contributed by atoms with Gasteiger partial charge in [0.25, 0.3) is 0 Å². The van der Waals surface area contributed by atoms with E-state index in [2.05, 4.69) is 40.3 Å². The highest BCUT2D eigenvalue weighted by Gasteiger charge is 2.37. The van der Waals surface area contributed by atoms with E-state index in [0.717, 1.165) is 17.3 Å². The molecule has 0 saturated heterocycles. The van der Waals surface area contributed by atoms with Crippen molar-refractivity contribution in [3.63, 3.8) is 0 Å². The van der Waals surface area contributed by atoms with Gasteiger partial charge in [-0.25, -0.2) is 0 Å². The summed E-state index contributed by atoms with van der Waals surface area (Å²) in [6, 6.07) is 8.14. The lowest BCUT2D eigenvalue weighted by Crippen LogP contribution is -2.41. The Bertz CT molecular complexity index is 428. The normalized spacial score (nSPS) is 17.8. The molecule has 0 aromatic heterocycles. The third-order valence-corrected chi connectivity index (χ3v) is 3.96. The number of halogens is 1. The molecule has 19 heavy (non-hydrogen) atoms. The molecule has 1 aliphatic carbocycles. The average Bonchev–Trinajstić information content (AvgIpc) is 3.21. The fourth-order valence-corrected chi connectivity index (χ4v) is 2.44. The summed E-state index contributed by atoms with van der Waals surface area (Å²) in [4.78, 5) is 12.0. The third kappa shape index (κ3) is 4.05. The number of hydrogen-bond acceptors (Lipinski definition) is 3. The standard InChI is InChI=1S/C15H20BrNO2/c1-3-19-15(18)14(12-4-5-12)17-10(2)11-6-8-13(16)9-7-11/h6-10,12,14,17H,3-5H2,1-2H3. The Kier molecular flexibility index (Phi) is 4.99. The molecule has 1 aliphatic rings. The molecule has 0 aliphatic heterocycles. The Morgan fingerprint density at radius 3 is 2.58 bits per heavy atom. The minimum atomic E-state index is -0.168. The maximum Gasteiger partial charge on any atom is 0.323 e. The molecule has 2 atom stereocenters. The Morgan fingerprint density at radius 1 is 1.42 bits per heavy atom. The molecule has 1 saturated carbocycles. The van der Waals surface area contributed by atoms with Gasteiger partial charge in [-0.05, 0) is 50.3 Å². The van der Waals surface area contributed by atoms with Crippen LogP contribution in [0.3, 0.4) is 0 Å². The van der Waals surface area contributed by atoms with Crippen molar-refractivity contribution in [2.24, 2.45) is 5.92 Å². The number of nitrogens with one attached hydrogen (secondary N) is 1. The smallest absolute Gasteiger partial charge is 0.323 e. The molecule has 2 rings (SSSR count). The van der Waals surface area contributed by atoms with Crippen LogP contribution in [-0.2, 0) is 9.53 Å². The van der Waals surface area contributed by atoms with E-state index in [-0.39, 0.29) is 18.1 Å². The summed E-state index contributed by atoms with van der Waals surface area (Å²) in [5.74, 6) is 0.325. The molecule has 0 radical (unpaired) electrons. The highest BCUT2D eigenvalue weighted by molar-refractivity contribution is 9.10. The summed E-state index contributed by atoms with van der Waals surface area (Å²) in [7, 11) is 0. The van der Waals surface area contributed by atoms with Gasteiger partial charge in [0.2, 0.25) is 0 Å². The molecule has 0 heterocycles. The number of carbonyl (C=O) groups is 1. The minimum absolute atomic E-state index is 0.117. The van der Waals surface area contributed by atoms with Gasteiger partial charge in [0, 0.05) is 10.5 Å². The molecule has 1 N–H and O–H groups in total. The van der Waals surface area contributed by atoms with Crippen molar-refractivity contribution in [1.29, 1.82) is 0 Å². The Morgan fingerprint density at radius 2 is 2.05 bits per heavy atom. The van der Waals surface area contributed by atoms with Crippen LogP contribution in [0, 0.1) is 5.92 Å². The second kappa shape index (κ2) is 6.53. The number of benzene rings is 1. The van der Waals surface area contributed by atoms with Crippen LogP contribution < -0.4 is 5.32 Å². The van der Waals surface area contributed by atoms with Gasteiger partial charge in [-0.1, -0.05) is 28.1 Å². The fraction of sp³-hybridized carbons (Fsp3) is 0.533. The summed E-state index contributed by atoms with van der Waals surface area (Å²) >= 11 is 3.43. The molecule has 4 heteroatoms. The zero-order valence-electron chi connectivity index (χ0n) is 11.4. The third-order valence-electron chi connectivity index (χ3n) is 3.43. The molecular weight excluding hydrogens is 306 g/mol. The van der Waals surface area contributed by atoms with Crippen LogP contribution in [0.5, 0.6) is 0 Å². The number of ether oxygens (including phenoxy) is 1. The summed E-state index contributed by atoms with van der Waals surface area (Å²) in [6.45, 7) is 4.37. The van der Waals surface area contributed by atoms with E-state index in [9.17, 15) is 4.79 Å². The number of esters is 1. The molecule has 3 nitrogen and oxygen atoms in total. The highest BCUT2D eigenvalue weighted by atomic mass is 79.9. The van der Waals surface area contributed by atoms with Crippen LogP contribution in [0.1, 0.15) is 38.3 Å². The molecule has 0 amide bonds. The average molecular weight is 326 g/mol. The first-order chi connectivity index (χ1) is 9.11. The monoisotopic (exact) mass is 325 g/mol. The lowest BCUT2D eigenvalue weighted by atomic mass is 10.1. The zero-order valence-corrected chi connectivity index (χ0v) is 12.9. The molecule has 1 aromatic carbocycles. The van der Waals surface area contributed by atoms with Gasteiger partial charge >= 0.3 is 5.97 Å². The van der Waals surface area contributed by atoms with E-state index < -0.39 is 0 Å². The first kappa shape index (κ1) is 14.5. The van der Waals surface area contributed by atoms with Gasteiger partial charge in [0.15, 0.2) is 0 Å². The van der Waals surface area contributed by atoms with Crippen LogP contribution in [0.2, 0.25) is 0 Å². The Balaban J connectivity index is 2.00.